The van der Waals surface area contributed by atoms with Gasteiger partial charge in [0.25, 0.3) is 18.2 Å². The number of nitriles is 1. The lowest BCUT2D eigenvalue weighted by molar-refractivity contribution is -0.127. The van der Waals surface area contributed by atoms with Gasteiger partial charge in [-0.3, -0.25) is 14.9 Å². The summed E-state index contributed by atoms with van der Waals surface area (Å²) in [5.74, 6) is -0.527. The Bertz CT molecular complexity index is 1360. The van der Waals surface area contributed by atoms with Crippen molar-refractivity contribution < 1.29 is 18.4 Å². The van der Waals surface area contributed by atoms with Crippen LogP contribution in [0.25, 0.3) is 11.0 Å². The number of carbonyl (C=O) groups excluding carboxylic acids is 2. The van der Waals surface area contributed by atoms with Gasteiger partial charge in [0.15, 0.2) is 0 Å². The number of halogens is 2. The van der Waals surface area contributed by atoms with E-state index >= 15 is 0 Å². The second kappa shape index (κ2) is 10.7. The number of anilines is 1. The molecule has 1 unspecified atom stereocenters. The number of nitrogens with zero attached hydrogens (tertiary/aromatic N) is 4. The average Bonchev–Trinajstić information content (AvgIpc) is 3.47. The summed E-state index contributed by atoms with van der Waals surface area (Å²) in [6.45, 7) is 4.72. The highest BCUT2D eigenvalue weighted by Crippen LogP contribution is 2.27. The van der Waals surface area contributed by atoms with Crippen LogP contribution in [0.4, 0.5) is 14.7 Å². The third-order valence-electron chi connectivity index (χ3n) is 6.16. The summed E-state index contributed by atoms with van der Waals surface area (Å²) in [7, 11) is 0. The van der Waals surface area contributed by atoms with Gasteiger partial charge in [0, 0.05) is 24.2 Å². The second-order valence-corrected chi connectivity index (χ2v) is 9.15. The van der Waals surface area contributed by atoms with Crippen molar-refractivity contribution in [2.24, 2.45) is 5.92 Å². The lowest BCUT2D eigenvalue weighted by Gasteiger charge is -2.26. The predicted octanol–water partition coefficient (Wildman–Crippen LogP) is 5.32. The first-order chi connectivity index (χ1) is 17.3. The van der Waals surface area contributed by atoms with Crippen LogP contribution in [0.1, 0.15) is 49.0 Å². The quantitative estimate of drug-likeness (QED) is 0.358. The summed E-state index contributed by atoms with van der Waals surface area (Å²) in [5.41, 5.74) is 1.41. The molecule has 9 heteroatoms. The molecule has 36 heavy (non-hydrogen) atoms. The number of para-hydroxylation sites is 2. The third-order valence-corrected chi connectivity index (χ3v) is 6.16. The van der Waals surface area contributed by atoms with Crippen LogP contribution in [0.2, 0.25) is 0 Å². The normalized spacial score (nSPS) is 16.1. The van der Waals surface area contributed by atoms with Gasteiger partial charge < -0.3 is 9.47 Å². The Labute approximate surface area is 208 Å². The summed E-state index contributed by atoms with van der Waals surface area (Å²) in [6.07, 6.45) is 0.522. The molecule has 186 valence electrons. The first-order valence-electron chi connectivity index (χ1n) is 11.9. The van der Waals surface area contributed by atoms with E-state index < -0.39 is 12.3 Å². The van der Waals surface area contributed by atoms with Gasteiger partial charge in [0.2, 0.25) is 5.95 Å². The Morgan fingerprint density at radius 3 is 2.72 bits per heavy atom. The van der Waals surface area contributed by atoms with E-state index in [0.29, 0.717) is 18.6 Å². The van der Waals surface area contributed by atoms with Gasteiger partial charge in [-0.05, 0) is 43.0 Å². The van der Waals surface area contributed by atoms with Gasteiger partial charge in [-0.15, -0.1) is 0 Å². The zero-order chi connectivity index (χ0) is 25.8. The molecule has 2 amide bonds. The summed E-state index contributed by atoms with van der Waals surface area (Å²) in [4.78, 5) is 32.3. The van der Waals surface area contributed by atoms with Crippen LogP contribution in [0.5, 0.6) is 0 Å². The number of aromatic nitrogens is 2. The molecule has 1 fully saturated rings. The van der Waals surface area contributed by atoms with Crippen LogP contribution < -0.4 is 5.32 Å². The van der Waals surface area contributed by atoms with E-state index in [1.54, 1.807) is 11.0 Å². The van der Waals surface area contributed by atoms with Crippen molar-refractivity contribution in [2.75, 3.05) is 11.9 Å². The molecule has 3 aromatic rings. The van der Waals surface area contributed by atoms with Crippen LogP contribution in [0.15, 0.2) is 60.2 Å². The van der Waals surface area contributed by atoms with Crippen LogP contribution >= 0.6 is 0 Å². The van der Waals surface area contributed by atoms with E-state index in [-0.39, 0.29) is 40.5 Å². The molecule has 0 spiro atoms. The highest BCUT2D eigenvalue weighted by atomic mass is 19.3. The maximum absolute atomic E-state index is 13.1. The number of hydrogen-bond donors (Lipinski definition) is 1. The van der Waals surface area contributed by atoms with Crippen LogP contribution in [0, 0.1) is 17.2 Å². The predicted molar refractivity (Wildman–Crippen MR) is 132 cm³/mol. The molecule has 0 radical (unpaired) electrons. The molecular weight excluding hydrogens is 464 g/mol. The number of alkyl halides is 2. The Morgan fingerprint density at radius 2 is 2.00 bits per heavy atom. The highest BCUT2D eigenvalue weighted by Gasteiger charge is 2.32. The molecule has 7 nitrogen and oxygen atoms in total. The van der Waals surface area contributed by atoms with E-state index in [9.17, 15) is 23.6 Å². The maximum atomic E-state index is 13.1. The Hall–Kier alpha value is -4.06. The third kappa shape index (κ3) is 5.28. The fourth-order valence-corrected chi connectivity index (χ4v) is 4.49. The smallest absolute Gasteiger partial charge is 0.264 e. The minimum Gasteiger partial charge on any atom is -0.333 e. The Balaban J connectivity index is 1.64. The van der Waals surface area contributed by atoms with Crippen molar-refractivity contribution in [3.05, 3.63) is 71.3 Å². The summed E-state index contributed by atoms with van der Waals surface area (Å²) in [6, 6.07) is 14.5. The van der Waals surface area contributed by atoms with E-state index in [0.717, 1.165) is 24.4 Å². The Morgan fingerprint density at radius 1 is 1.22 bits per heavy atom. The fourth-order valence-electron chi connectivity index (χ4n) is 4.49. The number of amides is 2. The molecular formula is C27H27F2N5O2. The number of benzene rings is 2. The van der Waals surface area contributed by atoms with Crippen molar-refractivity contribution >= 4 is 28.8 Å². The largest absolute Gasteiger partial charge is 0.333 e. The van der Waals surface area contributed by atoms with Gasteiger partial charge >= 0.3 is 0 Å². The van der Waals surface area contributed by atoms with Gasteiger partial charge in [0.05, 0.1) is 17.1 Å². The fraction of sp³-hybridized carbons (Fsp3) is 0.333. The lowest BCUT2D eigenvalue weighted by Crippen LogP contribution is -2.39. The van der Waals surface area contributed by atoms with Crippen molar-refractivity contribution in [2.45, 2.75) is 45.7 Å². The number of carbonyl (C=O) groups is 2. The monoisotopic (exact) mass is 491 g/mol. The zero-order valence-electron chi connectivity index (χ0n) is 20.1. The highest BCUT2D eigenvalue weighted by molar-refractivity contribution is 6.04. The molecule has 1 N–H and O–H groups in total. The van der Waals surface area contributed by atoms with E-state index in [1.165, 1.54) is 18.2 Å². The van der Waals surface area contributed by atoms with Crippen molar-refractivity contribution in [1.82, 2.24) is 14.5 Å². The molecule has 2 heterocycles. The molecule has 1 aromatic heterocycles. The topological polar surface area (TPSA) is 91.0 Å². The van der Waals surface area contributed by atoms with Crippen molar-refractivity contribution in [1.29, 1.82) is 5.26 Å². The molecule has 0 saturated carbocycles. The molecule has 0 aliphatic carbocycles. The Kier molecular flexibility index (Phi) is 7.44. The van der Waals surface area contributed by atoms with Gasteiger partial charge in [-0.1, -0.05) is 44.2 Å². The molecule has 1 atom stereocenters. The minimum absolute atomic E-state index is 0.0626. The SMILES string of the molecule is CC(C)C=C(C#N)C(=O)N1CCCC1Cn1c(NC(=O)c2cccc(C(F)F)c2)nc2ccccc21. The number of likely N-dealkylation sites (tertiary alicyclic amines) is 1. The first kappa shape index (κ1) is 25.0. The first-order valence-corrected chi connectivity index (χ1v) is 11.9. The molecule has 0 bridgehead atoms. The molecule has 1 aliphatic rings. The van der Waals surface area contributed by atoms with Crippen LogP contribution in [0.3, 0.4) is 0 Å². The molecule has 2 aromatic carbocycles. The van der Waals surface area contributed by atoms with Crippen molar-refractivity contribution in [3.8, 4) is 6.07 Å². The van der Waals surface area contributed by atoms with E-state index in [1.807, 2.05) is 48.7 Å². The summed E-state index contributed by atoms with van der Waals surface area (Å²) in [5, 5.41) is 12.3. The lowest BCUT2D eigenvalue weighted by atomic mass is 10.1. The van der Waals surface area contributed by atoms with Gasteiger partial charge in [0.1, 0.15) is 11.6 Å². The number of allylic oxidation sites excluding steroid dienone is 1. The van der Waals surface area contributed by atoms with Gasteiger partial charge in [-0.2, -0.15) is 5.26 Å². The number of hydrogen-bond acceptors (Lipinski definition) is 4. The number of nitrogens with one attached hydrogen (secondary N) is 1. The minimum atomic E-state index is -2.68. The number of imidazole rings is 1. The number of rotatable bonds is 7. The van der Waals surface area contributed by atoms with Crippen molar-refractivity contribution in [3.63, 3.8) is 0 Å². The summed E-state index contributed by atoms with van der Waals surface area (Å²) < 4.78 is 28.1. The molecule has 1 saturated heterocycles. The second-order valence-electron chi connectivity index (χ2n) is 9.15. The number of fused-ring (bicyclic) bond motifs is 1. The summed E-state index contributed by atoms with van der Waals surface area (Å²) >= 11 is 0. The zero-order valence-corrected chi connectivity index (χ0v) is 20.1. The average molecular weight is 492 g/mol. The van der Waals surface area contributed by atoms with Crippen LogP contribution in [-0.4, -0.2) is 38.9 Å². The van der Waals surface area contributed by atoms with E-state index in [4.69, 9.17) is 0 Å². The standard InChI is InChI=1S/C27H27F2N5O2/c1-17(2)13-20(15-30)26(36)33-12-6-9-21(33)16-34-23-11-4-3-10-22(23)31-27(34)32-25(35)19-8-5-7-18(14-19)24(28)29/h3-5,7-8,10-11,13-14,17,21,24H,6,9,12,16H2,1-2H3,(H,31,32,35). The van der Waals surface area contributed by atoms with Crippen LogP contribution in [-0.2, 0) is 11.3 Å². The molecule has 4 rings (SSSR count). The molecule has 1 aliphatic heterocycles. The van der Waals surface area contributed by atoms with Gasteiger partial charge in [-0.25, -0.2) is 13.8 Å². The maximum Gasteiger partial charge on any atom is 0.264 e. The van der Waals surface area contributed by atoms with E-state index in [2.05, 4.69) is 10.3 Å².